The fraction of sp³-hybridized carbons (Fsp3) is 0.357. The molecule has 1 aliphatic heterocycles. The molecule has 18 heavy (non-hydrogen) atoms. The third-order valence-electron chi connectivity index (χ3n) is 3.46. The standard InChI is InChI=1S/C14H16FN3/c15-12-10-11(13-6-7-16-17-13)4-5-14(12)18-8-2-1-3-9-18/h4-7,10H,1-3,8-9H2,(H,16,17). The van der Waals surface area contributed by atoms with Crippen LogP contribution in [0.3, 0.4) is 0 Å². The molecule has 0 amide bonds. The van der Waals surface area contributed by atoms with E-state index in [-0.39, 0.29) is 5.82 Å². The molecule has 0 unspecified atom stereocenters. The van der Waals surface area contributed by atoms with Crippen molar-refractivity contribution in [2.75, 3.05) is 18.0 Å². The molecule has 0 atom stereocenters. The summed E-state index contributed by atoms with van der Waals surface area (Å²) in [6.07, 6.45) is 5.24. The first kappa shape index (κ1) is 11.3. The molecule has 3 rings (SSSR count). The lowest BCUT2D eigenvalue weighted by Gasteiger charge is -2.29. The second-order valence-corrected chi connectivity index (χ2v) is 4.68. The first-order valence-electron chi connectivity index (χ1n) is 6.39. The minimum absolute atomic E-state index is 0.149. The molecule has 0 spiro atoms. The molecule has 2 aromatic rings. The molecule has 0 aliphatic carbocycles. The SMILES string of the molecule is Fc1cc(-c2ccn[nH]2)ccc1N1CCCCC1. The largest absolute Gasteiger partial charge is 0.369 e. The van der Waals surface area contributed by atoms with Crippen LogP contribution in [-0.4, -0.2) is 23.3 Å². The number of nitrogens with zero attached hydrogens (tertiary/aromatic N) is 2. The van der Waals surface area contributed by atoms with Crippen molar-refractivity contribution in [3.05, 3.63) is 36.3 Å². The van der Waals surface area contributed by atoms with Gasteiger partial charge in [-0.05, 0) is 37.5 Å². The molecule has 1 aliphatic rings. The molecule has 94 valence electrons. The maximum Gasteiger partial charge on any atom is 0.147 e. The summed E-state index contributed by atoms with van der Waals surface area (Å²) in [6.45, 7) is 1.92. The Morgan fingerprint density at radius 2 is 1.94 bits per heavy atom. The van der Waals surface area contributed by atoms with Crippen LogP contribution in [0.5, 0.6) is 0 Å². The van der Waals surface area contributed by atoms with Crippen LogP contribution in [-0.2, 0) is 0 Å². The average molecular weight is 245 g/mol. The predicted octanol–water partition coefficient (Wildman–Crippen LogP) is 3.21. The Balaban J connectivity index is 1.89. The number of hydrogen-bond donors (Lipinski definition) is 1. The van der Waals surface area contributed by atoms with Crippen molar-refractivity contribution in [3.8, 4) is 11.3 Å². The van der Waals surface area contributed by atoms with Crippen LogP contribution >= 0.6 is 0 Å². The number of aromatic amines is 1. The summed E-state index contributed by atoms with van der Waals surface area (Å²) < 4.78 is 14.2. The van der Waals surface area contributed by atoms with Gasteiger partial charge < -0.3 is 4.90 Å². The first-order chi connectivity index (χ1) is 8.84. The molecule has 3 nitrogen and oxygen atoms in total. The van der Waals surface area contributed by atoms with Gasteiger partial charge in [-0.1, -0.05) is 6.07 Å². The lowest BCUT2D eigenvalue weighted by atomic mass is 10.1. The third kappa shape index (κ3) is 2.10. The Morgan fingerprint density at radius 3 is 2.61 bits per heavy atom. The fourth-order valence-electron chi connectivity index (χ4n) is 2.48. The van der Waals surface area contributed by atoms with E-state index in [2.05, 4.69) is 15.1 Å². The summed E-state index contributed by atoms with van der Waals surface area (Å²) in [4.78, 5) is 2.13. The monoisotopic (exact) mass is 245 g/mol. The number of anilines is 1. The number of aromatic nitrogens is 2. The first-order valence-corrected chi connectivity index (χ1v) is 6.39. The van der Waals surface area contributed by atoms with E-state index in [0.717, 1.165) is 42.9 Å². The summed E-state index contributed by atoms with van der Waals surface area (Å²) in [5.74, 6) is -0.149. The maximum absolute atomic E-state index is 14.2. The lowest BCUT2D eigenvalue weighted by molar-refractivity contribution is 0.557. The van der Waals surface area contributed by atoms with Crippen LogP contribution < -0.4 is 4.90 Å². The van der Waals surface area contributed by atoms with Crippen molar-refractivity contribution in [3.63, 3.8) is 0 Å². The second kappa shape index (κ2) is 4.80. The highest BCUT2D eigenvalue weighted by molar-refractivity contribution is 5.63. The molecule has 1 aromatic heterocycles. The minimum Gasteiger partial charge on any atom is -0.369 e. The van der Waals surface area contributed by atoms with Crippen LogP contribution in [0, 0.1) is 5.82 Å². The molecule has 0 bridgehead atoms. The topological polar surface area (TPSA) is 31.9 Å². The summed E-state index contributed by atoms with van der Waals surface area (Å²) in [7, 11) is 0. The third-order valence-corrected chi connectivity index (χ3v) is 3.46. The normalized spacial score (nSPS) is 15.9. The van der Waals surface area contributed by atoms with Gasteiger partial charge in [0.2, 0.25) is 0 Å². The van der Waals surface area contributed by atoms with Crippen molar-refractivity contribution < 1.29 is 4.39 Å². The van der Waals surface area contributed by atoms with E-state index in [9.17, 15) is 4.39 Å². The van der Waals surface area contributed by atoms with Gasteiger partial charge >= 0.3 is 0 Å². The van der Waals surface area contributed by atoms with E-state index in [1.54, 1.807) is 12.3 Å². The summed E-state index contributed by atoms with van der Waals surface area (Å²) in [6, 6.07) is 7.24. The van der Waals surface area contributed by atoms with Gasteiger partial charge in [-0.3, -0.25) is 5.10 Å². The quantitative estimate of drug-likeness (QED) is 0.881. The zero-order valence-electron chi connectivity index (χ0n) is 10.2. The zero-order valence-corrected chi connectivity index (χ0v) is 10.2. The smallest absolute Gasteiger partial charge is 0.147 e. The lowest BCUT2D eigenvalue weighted by Crippen LogP contribution is -2.30. The molecule has 2 heterocycles. The van der Waals surface area contributed by atoms with Gasteiger partial charge in [0.1, 0.15) is 5.82 Å². The van der Waals surface area contributed by atoms with Gasteiger partial charge in [0.15, 0.2) is 0 Å². The predicted molar refractivity (Wildman–Crippen MR) is 70.0 cm³/mol. The maximum atomic E-state index is 14.2. The highest BCUT2D eigenvalue weighted by Gasteiger charge is 2.15. The number of piperidine rings is 1. The second-order valence-electron chi connectivity index (χ2n) is 4.68. The van der Waals surface area contributed by atoms with Crippen LogP contribution in [0.2, 0.25) is 0 Å². The average Bonchev–Trinajstić information content (AvgIpc) is 2.93. The molecule has 1 aromatic carbocycles. The van der Waals surface area contributed by atoms with Gasteiger partial charge in [0.05, 0.1) is 11.4 Å². The van der Waals surface area contributed by atoms with Crippen LogP contribution in [0.15, 0.2) is 30.5 Å². The molecule has 0 radical (unpaired) electrons. The number of benzene rings is 1. The number of hydrogen-bond acceptors (Lipinski definition) is 2. The molecular weight excluding hydrogens is 229 g/mol. The Labute approximate surface area is 106 Å². The van der Waals surface area contributed by atoms with Crippen LogP contribution in [0.25, 0.3) is 11.3 Å². The number of rotatable bonds is 2. The van der Waals surface area contributed by atoms with E-state index >= 15 is 0 Å². The van der Waals surface area contributed by atoms with Gasteiger partial charge in [-0.25, -0.2) is 4.39 Å². The van der Waals surface area contributed by atoms with E-state index in [0.29, 0.717) is 0 Å². The number of H-pyrrole nitrogens is 1. The molecule has 4 heteroatoms. The van der Waals surface area contributed by atoms with Crippen molar-refractivity contribution in [2.24, 2.45) is 0 Å². The van der Waals surface area contributed by atoms with E-state index in [4.69, 9.17) is 0 Å². The van der Waals surface area contributed by atoms with Crippen molar-refractivity contribution in [1.82, 2.24) is 10.2 Å². The summed E-state index contributed by atoms with van der Waals surface area (Å²) >= 11 is 0. The highest BCUT2D eigenvalue weighted by Crippen LogP contribution is 2.27. The van der Waals surface area contributed by atoms with E-state index in [1.807, 2.05) is 18.2 Å². The molecule has 1 saturated heterocycles. The van der Waals surface area contributed by atoms with Crippen molar-refractivity contribution in [1.29, 1.82) is 0 Å². The Morgan fingerprint density at radius 1 is 1.11 bits per heavy atom. The van der Waals surface area contributed by atoms with Gasteiger partial charge in [0.25, 0.3) is 0 Å². The highest BCUT2D eigenvalue weighted by atomic mass is 19.1. The van der Waals surface area contributed by atoms with Crippen LogP contribution in [0.1, 0.15) is 19.3 Å². The van der Waals surface area contributed by atoms with E-state index < -0.39 is 0 Å². The van der Waals surface area contributed by atoms with Gasteiger partial charge in [-0.15, -0.1) is 0 Å². The molecule has 0 saturated carbocycles. The fourth-order valence-corrected chi connectivity index (χ4v) is 2.48. The van der Waals surface area contributed by atoms with Gasteiger partial charge in [-0.2, -0.15) is 5.10 Å². The number of halogens is 1. The molecule has 1 fully saturated rings. The summed E-state index contributed by atoms with van der Waals surface area (Å²) in [5.41, 5.74) is 2.41. The van der Waals surface area contributed by atoms with Gasteiger partial charge in [0, 0.05) is 24.8 Å². The Kier molecular flexibility index (Phi) is 3.00. The molecular formula is C14H16FN3. The van der Waals surface area contributed by atoms with E-state index in [1.165, 1.54) is 6.42 Å². The van der Waals surface area contributed by atoms with Crippen LogP contribution in [0.4, 0.5) is 10.1 Å². The van der Waals surface area contributed by atoms with Crippen molar-refractivity contribution in [2.45, 2.75) is 19.3 Å². The Hall–Kier alpha value is -1.84. The Bertz CT molecular complexity index is 516. The van der Waals surface area contributed by atoms with Crippen molar-refractivity contribution >= 4 is 5.69 Å². The number of nitrogens with one attached hydrogen (secondary N) is 1. The minimum atomic E-state index is -0.149. The molecule has 1 N–H and O–H groups in total. The summed E-state index contributed by atoms with van der Waals surface area (Å²) in [5, 5.41) is 6.73. The zero-order chi connectivity index (χ0) is 12.4.